The number of carbonyl (C=O) groups excluding carboxylic acids is 2. The molecule has 0 unspecified atom stereocenters. The number of anilines is 2. The van der Waals surface area contributed by atoms with Crippen molar-refractivity contribution in [2.24, 2.45) is 0 Å². The van der Waals surface area contributed by atoms with Crippen molar-refractivity contribution in [1.82, 2.24) is 10.2 Å². The number of carboxylic acids is 1. The molecule has 4 N–H and O–H groups in total. The second-order valence-electron chi connectivity index (χ2n) is 6.48. The minimum atomic E-state index is -0.862. The summed E-state index contributed by atoms with van der Waals surface area (Å²) in [6.07, 6.45) is 0.431. The van der Waals surface area contributed by atoms with Crippen LogP contribution < -0.4 is 16.0 Å². The average molecular weight is 382 g/mol. The summed E-state index contributed by atoms with van der Waals surface area (Å²) in [5, 5.41) is 17.1. The fraction of sp³-hybridized carbons (Fsp3) is 0.250. The first kappa shape index (κ1) is 19.2. The van der Waals surface area contributed by atoms with Gasteiger partial charge in [-0.1, -0.05) is 30.3 Å². The van der Waals surface area contributed by atoms with E-state index in [1.165, 1.54) is 0 Å². The fourth-order valence-electron chi connectivity index (χ4n) is 2.99. The number of nitrogens with zero attached hydrogens (tertiary/aromatic N) is 1. The molecule has 0 atom stereocenters. The number of rotatable bonds is 7. The van der Waals surface area contributed by atoms with E-state index in [2.05, 4.69) is 16.0 Å². The molecule has 0 aliphatic carbocycles. The number of nitrogens with one attached hydrogen (secondary N) is 3. The molecule has 0 bridgehead atoms. The normalized spacial score (nSPS) is 13.1. The zero-order valence-electron chi connectivity index (χ0n) is 15.3. The Morgan fingerprint density at radius 3 is 2.68 bits per heavy atom. The largest absolute Gasteiger partial charge is 0.481 e. The maximum atomic E-state index is 12.4. The van der Waals surface area contributed by atoms with E-state index in [0.29, 0.717) is 37.4 Å². The number of carbonyl (C=O) groups is 3. The van der Waals surface area contributed by atoms with E-state index in [0.717, 1.165) is 11.1 Å². The van der Waals surface area contributed by atoms with Crippen molar-refractivity contribution in [2.45, 2.75) is 19.4 Å². The Morgan fingerprint density at radius 2 is 1.93 bits per heavy atom. The highest BCUT2D eigenvalue weighted by molar-refractivity contribution is 6.00. The lowest BCUT2D eigenvalue weighted by molar-refractivity contribution is -0.136. The molecule has 3 rings (SSSR count). The third kappa shape index (κ3) is 5.23. The van der Waals surface area contributed by atoms with Gasteiger partial charge in [0.2, 0.25) is 0 Å². The van der Waals surface area contributed by atoms with E-state index in [9.17, 15) is 14.4 Å². The van der Waals surface area contributed by atoms with Crippen molar-refractivity contribution < 1.29 is 19.5 Å². The number of hydrogen-bond acceptors (Lipinski definition) is 3. The number of amides is 4. The summed E-state index contributed by atoms with van der Waals surface area (Å²) in [6.45, 7) is 1.66. The van der Waals surface area contributed by atoms with Crippen LogP contribution in [0.15, 0.2) is 48.5 Å². The molecule has 1 heterocycles. The van der Waals surface area contributed by atoms with E-state index in [-0.39, 0.29) is 12.5 Å². The van der Waals surface area contributed by atoms with Crippen LogP contribution in [-0.2, 0) is 17.8 Å². The number of urea groups is 2. The van der Waals surface area contributed by atoms with E-state index in [1.807, 2.05) is 24.3 Å². The lowest BCUT2D eigenvalue weighted by Gasteiger charge is -2.17. The zero-order chi connectivity index (χ0) is 19.9. The molecule has 0 saturated carbocycles. The maximum Gasteiger partial charge on any atom is 0.323 e. The summed E-state index contributed by atoms with van der Waals surface area (Å²) < 4.78 is 0. The predicted octanol–water partition coefficient (Wildman–Crippen LogP) is 2.87. The van der Waals surface area contributed by atoms with Crippen molar-refractivity contribution in [3.8, 4) is 0 Å². The monoisotopic (exact) mass is 382 g/mol. The molecule has 0 radical (unpaired) electrons. The Morgan fingerprint density at radius 1 is 1.11 bits per heavy atom. The van der Waals surface area contributed by atoms with Crippen LogP contribution in [0.4, 0.5) is 21.0 Å². The van der Waals surface area contributed by atoms with Crippen LogP contribution >= 0.6 is 0 Å². The van der Waals surface area contributed by atoms with Crippen LogP contribution in [0.1, 0.15) is 17.5 Å². The molecule has 0 aromatic heterocycles. The van der Waals surface area contributed by atoms with Gasteiger partial charge in [-0.2, -0.15) is 0 Å². The second-order valence-corrected chi connectivity index (χ2v) is 6.48. The number of benzene rings is 2. The fourth-order valence-corrected chi connectivity index (χ4v) is 2.99. The summed E-state index contributed by atoms with van der Waals surface area (Å²) in [6, 6.07) is 13.9. The van der Waals surface area contributed by atoms with Gasteiger partial charge in [-0.3, -0.25) is 4.79 Å². The Balaban J connectivity index is 1.63. The third-order valence-corrected chi connectivity index (χ3v) is 4.38. The number of para-hydroxylation sites is 1. The van der Waals surface area contributed by atoms with E-state index < -0.39 is 12.0 Å². The minimum Gasteiger partial charge on any atom is -0.481 e. The van der Waals surface area contributed by atoms with Gasteiger partial charge in [-0.25, -0.2) is 9.59 Å². The molecule has 0 spiro atoms. The van der Waals surface area contributed by atoms with Crippen LogP contribution in [0.5, 0.6) is 0 Å². The van der Waals surface area contributed by atoms with Gasteiger partial charge in [0.25, 0.3) is 0 Å². The molecule has 1 saturated heterocycles. The van der Waals surface area contributed by atoms with Crippen molar-refractivity contribution in [1.29, 1.82) is 0 Å². The highest BCUT2D eigenvalue weighted by Gasteiger charge is 2.20. The van der Waals surface area contributed by atoms with Gasteiger partial charge in [0.05, 0.1) is 0 Å². The highest BCUT2D eigenvalue weighted by Crippen LogP contribution is 2.19. The van der Waals surface area contributed by atoms with Crippen molar-refractivity contribution in [3.05, 3.63) is 59.7 Å². The third-order valence-electron chi connectivity index (χ3n) is 4.38. The first-order chi connectivity index (χ1) is 13.5. The zero-order valence-corrected chi connectivity index (χ0v) is 15.3. The molecule has 1 fully saturated rings. The molecule has 4 amide bonds. The van der Waals surface area contributed by atoms with Gasteiger partial charge < -0.3 is 26.0 Å². The molecule has 2 aromatic rings. The van der Waals surface area contributed by atoms with Gasteiger partial charge in [-0.15, -0.1) is 0 Å². The number of aryl methyl sites for hydroxylation is 1. The van der Waals surface area contributed by atoms with E-state index in [1.54, 1.807) is 29.2 Å². The summed E-state index contributed by atoms with van der Waals surface area (Å²) in [5.74, 6) is -0.862. The SMILES string of the molecule is O=C(O)CCc1cccc(NC(=O)Nc2ccccc2CN2CCNC2=O)c1. The number of carboxylic acid groups (broad SMARTS) is 1. The van der Waals surface area contributed by atoms with Gasteiger partial charge >= 0.3 is 18.0 Å². The van der Waals surface area contributed by atoms with Gasteiger partial charge in [0.15, 0.2) is 0 Å². The van der Waals surface area contributed by atoms with Crippen LogP contribution in [0.25, 0.3) is 0 Å². The van der Waals surface area contributed by atoms with Gasteiger partial charge in [0.1, 0.15) is 0 Å². The first-order valence-electron chi connectivity index (χ1n) is 9.00. The van der Waals surface area contributed by atoms with Crippen LogP contribution in [0, 0.1) is 0 Å². The molecule has 146 valence electrons. The number of hydrogen-bond donors (Lipinski definition) is 4. The standard InChI is InChI=1S/C20H22N4O4/c25-18(26)9-8-14-4-3-6-16(12-14)22-19(27)23-17-7-2-1-5-15(17)13-24-11-10-21-20(24)28/h1-7,12H,8-11,13H2,(H,21,28)(H,25,26)(H2,22,23,27). The molecular weight excluding hydrogens is 360 g/mol. The van der Waals surface area contributed by atoms with Crippen LogP contribution in [0.2, 0.25) is 0 Å². The Bertz CT molecular complexity index is 884. The molecule has 28 heavy (non-hydrogen) atoms. The topological polar surface area (TPSA) is 111 Å². The Hall–Kier alpha value is -3.55. The minimum absolute atomic E-state index is 0.0348. The average Bonchev–Trinajstić information content (AvgIpc) is 3.06. The molecule has 1 aliphatic heterocycles. The van der Waals surface area contributed by atoms with Crippen molar-refractivity contribution in [3.63, 3.8) is 0 Å². The quantitative estimate of drug-likeness (QED) is 0.590. The summed E-state index contributed by atoms with van der Waals surface area (Å²) in [7, 11) is 0. The highest BCUT2D eigenvalue weighted by atomic mass is 16.4. The van der Waals surface area contributed by atoms with Crippen LogP contribution in [-0.4, -0.2) is 41.1 Å². The van der Waals surface area contributed by atoms with Crippen molar-refractivity contribution >= 4 is 29.4 Å². The lowest BCUT2D eigenvalue weighted by Crippen LogP contribution is -2.28. The molecule has 8 heteroatoms. The van der Waals surface area contributed by atoms with Gasteiger partial charge in [0, 0.05) is 37.4 Å². The van der Waals surface area contributed by atoms with Gasteiger partial charge in [-0.05, 0) is 35.7 Å². The number of aliphatic carboxylic acids is 1. The molecule has 8 nitrogen and oxygen atoms in total. The Labute approximate surface area is 162 Å². The molecule has 2 aromatic carbocycles. The molecular formula is C20H22N4O4. The smallest absolute Gasteiger partial charge is 0.323 e. The van der Waals surface area contributed by atoms with E-state index in [4.69, 9.17) is 5.11 Å². The summed E-state index contributed by atoms with van der Waals surface area (Å²) in [5.41, 5.74) is 2.88. The predicted molar refractivity (Wildman–Crippen MR) is 105 cm³/mol. The van der Waals surface area contributed by atoms with E-state index >= 15 is 0 Å². The Kier molecular flexibility index (Phi) is 6.11. The van der Waals surface area contributed by atoms with Crippen molar-refractivity contribution in [2.75, 3.05) is 23.7 Å². The maximum absolute atomic E-state index is 12.4. The molecule has 1 aliphatic rings. The summed E-state index contributed by atoms with van der Waals surface area (Å²) in [4.78, 5) is 36.6. The second kappa shape index (κ2) is 8.90. The summed E-state index contributed by atoms with van der Waals surface area (Å²) >= 11 is 0. The van der Waals surface area contributed by atoms with Crippen LogP contribution in [0.3, 0.4) is 0 Å². The lowest BCUT2D eigenvalue weighted by atomic mass is 10.1. The first-order valence-corrected chi connectivity index (χ1v) is 9.00.